The van der Waals surface area contributed by atoms with Crippen molar-refractivity contribution in [2.75, 3.05) is 0 Å². The molecule has 0 radical (unpaired) electrons. The zero-order valence-electron chi connectivity index (χ0n) is 24.1. The molecule has 2 aliphatic carbocycles. The molecule has 1 atom stereocenters. The maximum Gasteiger partial charge on any atom is -0.00146 e. The van der Waals surface area contributed by atoms with Gasteiger partial charge in [-0.3, -0.25) is 0 Å². The molecule has 0 N–H and O–H groups in total. The SMILES string of the molecule is Cc1c(C)c(C)c2c(C)c3c(c(C)c2c1C)-c1c(C)c(C)c2c4c(c(C)c(C)c-3c14)C(C)(C)C2C. The monoisotopic (exact) mass is 460 g/mol. The van der Waals surface area contributed by atoms with Gasteiger partial charge in [-0.25, -0.2) is 0 Å². The Labute approximate surface area is 211 Å². The average Bonchev–Trinajstić information content (AvgIpc) is 3.26. The summed E-state index contributed by atoms with van der Waals surface area (Å²) < 4.78 is 0. The molecule has 0 saturated heterocycles. The van der Waals surface area contributed by atoms with E-state index >= 15 is 0 Å². The van der Waals surface area contributed by atoms with Crippen molar-refractivity contribution in [1.82, 2.24) is 0 Å². The summed E-state index contributed by atoms with van der Waals surface area (Å²) in [7, 11) is 0. The van der Waals surface area contributed by atoms with Crippen molar-refractivity contribution in [2.24, 2.45) is 0 Å². The van der Waals surface area contributed by atoms with Gasteiger partial charge in [-0.15, -0.1) is 0 Å². The summed E-state index contributed by atoms with van der Waals surface area (Å²) in [5.74, 6) is 0.526. The fraction of sp³-hybridized carbons (Fsp3) is 0.429. The quantitative estimate of drug-likeness (QED) is 0.216. The Balaban J connectivity index is 1.98. The molecule has 0 saturated carbocycles. The second-order valence-electron chi connectivity index (χ2n) is 12.5. The molecule has 2 aliphatic rings. The molecule has 0 aromatic heterocycles. The van der Waals surface area contributed by atoms with Gasteiger partial charge in [-0.2, -0.15) is 0 Å². The highest BCUT2D eigenvalue weighted by Gasteiger charge is 2.44. The van der Waals surface area contributed by atoms with Crippen LogP contribution in [0.4, 0.5) is 0 Å². The lowest BCUT2D eigenvalue weighted by Gasteiger charge is -2.29. The molecular formula is C35H40. The van der Waals surface area contributed by atoms with Crippen LogP contribution in [0.5, 0.6) is 0 Å². The molecule has 0 nitrogen and oxygen atoms in total. The van der Waals surface area contributed by atoms with E-state index in [2.05, 4.69) is 90.0 Å². The number of rotatable bonds is 0. The van der Waals surface area contributed by atoms with Crippen molar-refractivity contribution in [1.29, 1.82) is 0 Å². The third-order valence-corrected chi connectivity index (χ3v) is 11.0. The predicted molar refractivity (Wildman–Crippen MR) is 155 cm³/mol. The molecule has 4 aromatic rings. The van der Waals surface area contributed by atoms with Gasteiger partial charge < -0.3 is 0 Å². The van der Waals surface area contributed by atoms with Crippen molar-refractivity contribution in [3.05, 3.63) is 66.8 Å². The second kappa shape index (κ2) is 6.58. The van der Waals surface area contributed by atoms with E-state index in [1.165, 1.54) is 88.7 Å². The van der Waals surface area contributed by atoms with Crippen LogP contribution in [0.25, 0.3) is 43.8 Å². The molecule has 0 heterocycles. The predicted octanol–water partition coefficient (Wildman–Crippen LogP) is 10.1. The van der Waals surface area contributed by atoms with Gasteiger partial charge in [0.1, 0.15) is 0 Å². The van der Waals surface area contributed by atoms with Gasteiger partial charge in [0.15, 0.2) is 0 Å². The Bertz CT molecular complexity index is 1640. The summed E-state index contributed by atoms with van der Waals surface area (Å²) in [4.78, 5) is 0. The molecule has 0 heteroatoms. The van der Waals surface area contributed by atoms with Gasteiger partial charge in [0, 0.05) is 0 Å². The molecule has 1 unspecified atom stereocenters. The Morgan fingerprint density at radius 2 is 0.829 bits per heavy atom. The maximum absolute atomic E-state index is 2.47. The zero-order valence-corrected chi connectivity index (χ0v) is 24.1. The second-order valence-corrected chi connectivity index (χ2v) is 12.5. The summed E-state index contributed by atoms with van der Waals surface area (Å²) in [6.07, 6.45) is 0. The van der Waals surface area contributed by atoms with Crippen LogP contribution in [-0.2, 0) is 5.41 Å². The van der Waals surface area contributed by atoms with Gasteiger partial charge in [0.2, 0.25) is 0 Å². The van der Waals surface area contributed by atoms with Crippen LogP contribution in [-0.4, -0.2) is 0 Å². The fourth-order valence-electron chi connectivity index (χ4n) is 8.33. The van der Waals surface area contributed by atoms with Gasteiger partial charge in [-0.05, 0) is 191 Å². The fourth-order valence-corrected chi connectivity index (χ4v) is 8.33. The molecule has 0 aliphatic heterocycles. The zero-order chi connectivity index (χ0) is 25.6. The Morgan fingerprint density at radius 3 is 1.29 bits per heavy atom. The lowest BCUT2D eigenvalue weighted by Crippen LogP contribution is -2.21. The van der Waals surface area contributed by atoms with Gasteiger partial charge in [0.05, 0.1) is 0 Å². The first kappa shape index (κ1) is 22.8. The topological polar surface area (TPSA) is 0 Å². The molecule has 0 bridgehead atoms. The maximum atomic E-state index is 2.47. The minimum Gasteiger partial charge on any atom is -0.0575 e. The van der Waals surface area contributed by atoms with E-state index in [0.29, 0.717) is 5.92 Å². The van der Waals surface area contributed by atoms with Gasteiger partial charge >= 0.3 is 0 Å². The average molecular weight is 461 g/mol. The van der Waals surface area contributed by atoms with E-state index in [9.17, 15) is 0 Å². The van der Waals surface area contributed by atoms with E-state index in [1.54, 1.807) is 21.9 Å². The van der Waals surface area contributed by atoms with E-state index in [-0.39, 0.29) is 5.41 Å². The van der Waals surface area contributed by atoms with Crippen LogP contribution in [0.3, 0.4) is 0 Å². The first-order valence-electron chi connectivity index (χ1n) is 13.4. The van der Waals surface area contributed by atoms with E-state index in [1.807, 2.05) is 0 Å². The number of fused-ring (bicyclic) bond motifs is 4. The van der Waals surface area contributed by atoms with E-state index < -0.39 is 0 Å². The molecular weight excluding hydrogens is 420 g/mol. The molecule has 0 spiro atoms. The van der Waals surface area contributed by atoms with Gasteiger partial charge in [-0.1, -0.05) is 20.8 Å². The Kier molecular flexibility index (Phi) is 4.29. The summed E-state index contributed by atoms with van der Waals surface area (Å²) in [6.45, 7) is 31.1. The number of aryl methyl sites for hydroxylation is 4. The molecule has 4 aromatic carbocycles. The van der Waals surface area contributed by atoms with Crippen molar-refractivity contribution >= 4 is 21.5 Å². The number of hydrogen-bond acceptors (Lipinski definition) is 0. The normalized spacial score (nSPS) is 17.2. The van der Waals surface area contributed by atoms with Crippen LogP contribution in [0.1, 0.15) is 93.5 Å². The highest BCUT2D eigenvalue weighted by molar-refractivity contribution is 6.24. The Hall–Kier alpha value is -2.60. The minimum absolute atomic E-state index is 0.149. The molecule has 35 heavy (non-hydrogen) atoms. The van der Waals surface area contributed by atoms with Crippen molar-refractivity contribution in [2.45, 2.75) is 101 Å². The van der Waals surface area contributed by atoms with Crippen molar-refractivity contribution in [3.8, 4) is 22.3 Å². The molecule has 6 rings (SSSR count). The highest BCUT2D eigenvalue weighted by Crippen LogP contribution is 2.63. The Morgan fingerprint density at radius 1 is 0.400 bits per heavy atom. The third-order valence-electron chi connectivity index (χ3n) is 11.0. The van der Waals surface area contributed by atoms with Crippen molar-refractivity contribution < 1.29 is 0 Å². The summed E-state index contributed by atoms with van der Waals surface area (Å²) in [5.41, 5.74) is 24.2. The van der Waals surface area contributed by atoms with E-state index in [4.69, 9.17) is 0 Å². The van der Waals surface area contributed by atoms with Crippen LogP contribution in [0.15, 0.2) is 0 Å². The first-order chi connectivity index (χ1) is 16.3. The molecule has 0 fully saturated rings. The lowest BCUT2D eigenvalue weighted by molar-refractivity contribution is 0.455. The largest absolute Gasteiger partial charge is 0.0575 e. The van der Waals surface area contributed by atoms with Crippen LogP contribution >= 0.6 is 0 Å². The van der Waals surface area contributed by atoms with Crippen LogP contribution in [0.2, 0.25) is 0 Å². The highest BCUT2D eigenvalue weighted by atomic mass is 14.5. The number of hydrogen-bond donors (Lipinski definition) is 0. The third kappa shape index (κ3) is 2.27. The number of benzene rings is 4. The van der Waals surface area contributed by atoms with Crippen LogP contribution in [0, 0.1) is 69.2 Å². The van der Waals surface area contributed by atoms with Crippen LogP contribution < -0.4 is 0 Å². The molecule has 180 valence electrons. The standard InChI is InChI=1S/C35H40/c1-14-15(2)17(4)26-23(10)31-29-20(7)21(8)34-33-27(24(11)35(34,12)13)18(5)19(6)28(32(29)33)30(31)22(9)25(26)16(14)3/h24H,1-13H3. The van der Waals surface area contributed by atoms with Gasteiger partial charge in [0.25, 0.3) is 0 Å². The first-order valence-corrected chi connectivity index (χ1v) is 13.4. The summed E-state index contributed by atoms with van der Waals surface area (Å²) in [6, 6.07) is 0. The minimum atomic E-state index is 0.149. The smallest absolute Gasteiger partial charge is 0.00146 e. The van der Waals surface area contributed by atoms with Crippen molar-refractivity contribution in [3.63, 3.8) is 0 Å². The summed E-state index contributed by atoms with van der Waals surface area (Å²) >= 11 is 0. The van der Waals surface area contributed by atoms with E-state index in [0.717, 1.165) is 0 Å². The molecule has 0 amide bonds. The summed E-state index contributed by atoms with van der Waals surface area (Å²) in [5, 5.41) is 6.11. The lowest BCUT2D eigenvalue weighted by atomic mass is 9.74.